The van der Waals surface area contributed by atoms with Gasteiger partial charge in [-0.25, -0.2) is 9.59 Å². The van der Waals surface area contributed by atoms with Crippen molar-refractivity contribution in [2.24, 2.45) is 0 Å². The van der Waals surface area contributed by atoms with Crippen LogP contribution in [0.4, 0.5) is 4.79 Å². The highest BCUT2D eigenvalue weighted by atomic mass is 32.1. The van der Waals surface area contributed by atoms with Gasteiger partial charge in [0.25, 0.3) is 0 Å². The molecule has 0 saturated carbocycles. The van der Waals surface area contributed by atoms with E-state index in [2.05, 4.69) is 29.5 Å². The molecule has 6 nitrogen and oxygen atoms in total. The summed E-state index contributed by atoms with van der Waals surface area (Å²) < 4.78 is 0. The molecule has 3 unspecified atom stereocenters. The minimum absolute atomic E-state index is 0.0916. The number of amides is 2. The second-order valence-corrected chi connectivity index (χ2v) is 6.43. The highest BCUT2D eigenvalue weighted by Gasteiger charge is 2.27. The van der Waals surface area contributed by atoms with Gasteiger partial charge in [-0.2, -0.15) is 0 Å². The van der Waals surface area contributed by atoms with Crippen molar-refractivity contribution in [1.82, 2.24) is 15.5 Å². The molecular formula is C14H21N3O3S. The molecule has 2 heterocycles. The fourth-order valence-corrected chi connectivity index (χ4v) is 3.26. The molecule has 3 atom stereocenters. The van der Waals surface area contributed by atoms with Gasteiger partial charge in [0.2, 0.25) is 0 Å². The number of carbonyl (C=O) groups is 2. The maximum Gasteiger partial charge on any atom is 0.331 e. The van der Waals surface area contributed by atoms with Crippen LogP contribution in [0.1, 0.15) is 30.7 Å². The van der Waals surface area contributed by atoms with Gasteiger partial charge in [-0.05, 0) is 38.3 Å². The second-order valence-electron chi connectivity index (χ2n) is 5.46. The lowest BCUT2D eigenvalue weighted by Gasteiger charge is -2.35. The maximum atomic E-state index is 12.0. The number of hydrogen-bond acceptors (Lipinski definition) is 4. The fraction of sp³-hybridized carbons (Fsp3) is 0.571. The number of urea groups is 1. The predicted octanol–water partition coefficient (Wildman–Crippen LogP) is 1.66. The van der Waals surface area contributed by atoms with Gasteiger partial charge in [-0.15, -0.1) is 11.3 Å². The van der Waals surface area contributed by atoms with Gasteiger partial charge < -0.3 is 20.6 Å². The smallest absolute Gasteiger partial charge is 0.331 e. The number of carboxylic acid groups (broad SMARTS) is 1. The first kappa shape index (κ1) is 15.8. The molecule has 2 amide bonds. The van der Waals surface area contributed by atoms with Crippen molar-refractivity contribution in [3.8, 4) is 0 Å². The summed E-state index contributed by atoms with van der Waals surface area (Å²) in [6.45, 7) is 3.05. The highest BCUT2D eigenvalue weighted by Crippen LogP contribution is 2.19. The van der Waals surface area contributed by atoms with E-state index in [4.69, 9.17) is 0 Å². The van der Waals surface area contributed by atoms with Gasteiger partial charge in [-0.1, -0.05) is 6.07 Å². The lowest BCUT2D eigenvalue weighted by Crippen LogP contribution is -2.51. The summed E-state index contributed by atoms with van der Waals surface area (Å²) in [4.78, 5) is 26.2. The Kier molecular flexibility index (Phi) is 5.19. The average molecular weight is 311 g/mol. The van der Waals surface area contributed by atoms with E-state index >= 15 is 0 Å². The van der Waals surface area contributed by atoms with Crippen molar-refractivity contribution in [1.29, 1.82) is 0 Å². The molecule has 1 fully saturated rings. The number of hydrogen-bond donors (Lipinski definition) is 3. The first-order chi connectivity index (χ1) is 9.97. The van der Waals surface area contributed by atoms with E-state index < -0.39 is 18.0 Å². The number of rotatable bonds is 4. The molecule has 1 aromatic heterocycles. The molecule has 1 aromatic rings. The van der Waals surface area contributed by atoms with Crippen LogP contribution in [0, 0.1) is 0 Å². The molecule has 0 aliphatic carbocycles. The summed E-state index contributed by atoms with van der Waals surface area (Å²) in [7, 11) is 2.07. The lowest BCUT2D eigenvalue weighted by atomic mass is 9.99. The Bertz CT molecular complexity index is 492. The molecule has 1 aliphatic heterocycles. The summed E-state index contributed by atoms with van der Waals surface area (Å²) >= 11 is 1.32. The van der Waals surface area contributed by atoms with E-state index in [0.29, 0.717) is 10.9 Å². The van der Waals surface area contributed by atoms with Crippen LogP contribution in [-0.4, -0.2) is 47.7 Å². The Morgan fingerprint density at radius 3 is 2.86 bits per heavy atom. The minimum atomic E-state index is -1.05. The van der Waals surface area contributed by atoms with Crippen molar-refractivity contribution in [2.45, 2.75) is 37.9 Å². The molecule has 0 aromatic carbocycles. The monoisotopic (exact) mass is 311 g/mol. The van der Waals surface area contributed by atoms with E-state index in [0.717, 1.165) is 19.4 Å². The van der Waals surface area contributed by atoms with Gasteiger partial charge in [0.1, 0.15) is 0 Å². The van der Waals surface area contributed by atoms with Crippen molar-refractivity contribution >= 4 is 23.3 Å². The molecule has 0 radical (unpaired) electrons. The van der Waals surface area contributed by atoms with Crippen LogP contribution in [0.2, 0.25) is 0 Å². The predicted molar refractivity (Wildman–Crippen MR) is 81.5 cm³/mol. The maximum absolute atomic E-state index is 12.0. The number of nitrogens with one attached hydrogen (secondary N) is 2. The third-order valence-corrected chi connectivity index (χ3v) is 4.83. The zero-order chi connectivity index (χ0) is 15.4. The van der Waals surface area contributed by atoms with E-state index in [1.165, 1.54) is 11.3 Å². The number of likely N-dealkylation sites (tertiary alicyclic amines) is 1. The molecule has 7 heteroatoms. The van der Waals surface area contributed by atoms with Gasteiger partial charge in [0.05, 0.1) is 0 Å². The normalized spacial score (nSPS) is 24.3. The van der Waals surface area contributed by atoms with Crippen LogP contribution in [0.15, 0.2) is 17.5 Å². The Morgan fingerprint density at radius 2 is 2.29 bits per heavy atom. The first-order valence-corrected chi connectivity index (χ1v) is 7.89. The minimum Gasteiger partial charge on any atom is -0.479 e. The van der Waals surface area contributed by atoms with E-state index in [-0.39, 0.29) is 6.04 Å². The summed E-state index contributed by atoms with van der Waals surface area (Å²) in [5.74, 6) is -1.05. The first-order valence-electron chi connectivity index (χ1n) is 7.01. The van der Waals surface area contributed by atoms with Gasteiger partial charge >= 0.3 is 12.0 Å². The van der Waals surface area contributed by atoms with Crippen LogP contribution in [0.3, 0.4) is 0 Å². The third-order valence-electron chi connectivity index (χ3n) is 3.89. The molecular weight excluding hydrogens is 290 g/mol. The number of aliphatic carboxylic acids is 1. The Labute approximate surface area is 128 Å². The van der Waals surface area contributed by atoms with E-state index in [1.54, 1.807) is 17.5 Å². The molecule has 21 heavy (non-hydrogen) atoms. The van der Waals surface area contributed by atoms with Crippen LogP contribution < -0.4 is 10.6 Å². The number of nitrogens with zero attached hydrogens (tertiary/aromatic N) is 1. The SMILES string of the molecule is CC1CC(NC(=O)NC(C(=O)O)c2cccs2)CCN1C. The topological polar surface area (TPSA) is 81.7 Å². The fourth-order valence-electron chi connectivity index (χ4n) is 2.49. The zero-order valence-corrected chi connectivity index (χ0v) is 13.0. The van der Waals surface area contributed by atoms with Gasteiger partial charge in [-0.3, -0.25) is 0 Å². The lowest BCUT2D eigenvalue weighted by molar-refractivity contribution is -0.139. The zero-order valence-electron chi connectivity index (χ0n) is 12.2. The van der Waals surface area contributed by atoms with Crippen molar-refractivity contribution in [2.75, 3.05) is 13.6 Å². The van der Waals surface area contributed by atoms with Crippen LogP contribution in [0.25, 0.3) is 0 Å². The molecule has 2 rings (SSSR count). The average Bonchev–Trinajstić information content (AvgIpc) is 2.93. The van der Waals surface area contributed by atoms with Crippen molar-refractivity contribution < 1.29 is 14.7 Å². The van der Waals surface area contributed by atoms with E-state index in [1.807, 2.05) is 0 Å². The molecule has 116 valence electrons. The summed E-state index contributed by atoms with van der Waals surface area (Å²) in [5, 5.41) is 16.5. The summed E-state index contributed by atoms with van der Waals surface area (Å²) in [6, 6.07) is 2.58. The molecule has 0 bridgehead atoms. The Morgan fingerprint density at radius 1 is 1.52 bits per heavy atom. The summed E-state index contributed by atoms with van der Waals surface area (Å²) in [5.41, 5.74) is 0. The van der Waals surface area contributed by atoms with Gasteiger partial charge in [0.15, 0.2) is 6.04 Å². The molecule has 0 spiro atoms. The van der Waals surface area contributed by atoms with Crippen molar-refractivity contribution in [3.05, 3.63) is 22.4 Å². The Balaban J connectivity index is 1.90. The second kappa shape index (κ2) is 6.91. The third kappa shape index (κ3) is 4.18. The summed E-state index contributed by atoms with van der Waals surface area (Å²) in [6.07, 6.45) is 1.76. The van der Waals surface area contributed by atoms with Crippen LogP contribution in [-0.2, 0) is 4.79 Å². The quantitative estimate of drug-likeness (QED) is 0.790. The number of carbonyl (C=O) groups excluding carboxylic acids is 1. The van der Waals surface area contributed by atoms with E-state index in [9.17, 15) is 14.7 Å². The Hall–Kier alpha value is -1.60. The van der Waals surface area contributed by atoms with Gasteiger partial charge in [0, 0.05) is 23.5 Å². The molecule has 3 N–H and O–H groups in total. The largest absolute Gasteiger partial charge is 0.479 e. The standard InChI is InChI=1S/C14H21N3O3S/c1-9-8-10(5-6-17(9)2)15-14(20)16-12(13(18)19)11-4-3-7-21-11/h3-4,7,9-10,12H,5-6,8H2,1-2H3,(H,18,19)(H2,15,16,20). The van der Waals surface area contributed by atoms with Crippen LogP contribution in [0.5, 0.6) is 0 Å². The highest BCUT2D eigenvalue weighted by molar-refractivity contribution is 7.10. The number of carboxylic acids is 1. The van der Waals surface area contributed by atoms with Crippen LogP contribution >= 0.6 is 11.3 Å². The number of piperidine rings is 1. The number of thiophene rings is 1. The van der Waals surface area contributed by atoms with Crippen molar-refractivity contribution in [3.63, 3.8) is 0 Å². The molecule has 1 aliphatic rings. The molecule has 1 saturated heterocycles.